The largest absolute Gasteiger partial charge is 0.508 e. The Morgan fingerprint density at radius 3 is 1.43 bits per heavy atom. The molecule has 0 bridgehead atoms. The molecule has 0 atom stereocenters. The first-order valence-corrected chi connectivity index (χ1v) is 28.9. The van der Waals surface area contributed by atoms with E-state index in [4.69, 9.17) is 11.5 Å². The molecule has 0 aliphatic rings. The Bertz CT molecular complexity index is 4720. The van der Waals surface area contributed by atoms with Gasteiger partial charge in [-0.05, 0) is 132 Å². The van der Waals surface area contributed by atoms with E-state index in [1.165, 1.54) is 84.9 Å². The zero-order valence-corrected chi connectivity index (χ0v) is 44.9. The molecule has 0 saturated heterocycles. The van der Waals surface area contributed by atoms with Crippen LogP contribution in [0.3, 0.4) is 0 Å². The standard InChI is InChI=1S/C51H40N12O15S4/c1-26-4-2-3-5-39(26)55-43-23-34(64)15-17-40(43)60-57-31-8-6-27-18-46(81(73,74)75)48(50(65)35(27)20-31)62-56-30-12-10-29(11-13-30)54-41-16-14-33(22-45(41)80(70,71)72)59-63-49-47(82(76,77)78)19-28-7-9-32(21-36(28)51(49)66)58-61-42-25-44(79(67,68)69)38(53)24-37(42)52/h2-25,54-55,64-66H,52-53H2,1H3,(H,67,68,69)(H,70,71,72)(H,73,74,75)(H,76,77,78). The first-order valence-electron chi connectivity index (χ1n) is 23.1. The zero-order chi connectivity index (χ0) is 59.1. The third-order valence-corrected chi connectivity index (χ3v) is 15.5. The summed E-state index contributed by atoms with van der Waals surface area (Å²) in [5, 5.41) is 71.3. The second-order valence-electron chi connectivity index (χ2n) is 17.6. The number of nitrogen functional groups attached to an aromatic ring is 2. The second-order valence-corrected chi connectivity index (χ2v) is 23.2. The van der Waals surface area contributed by atoms with Gasteiger partial charge in [0.1, 0.15) is 48.1 Å². The number of fused-ring (bicyclic) bond motifs is 2. The van der Waals surface area contributed by atoms with Crippen molar-refractivity contribution in [1.29, 1.82) is 0 Å². The summed E-state index contributed by atoms with van der Waals surface area (Å²) >= 11 is 0. The molecule has 0 amide bonds. The molecule has 9 aromatic carbocycles. The molecule has 0 aliphatic carbocycles. The van der Waals surface area contributed by atoms with Gasteiger partial charge in [0.05, 0.1) is 45.5 Å². The van der Waals surface area contributed by atoms with Crippen LogP contribution in [0.4, 0.5) is 79.6 Å². The lowest BCUT2D eigenvalue weighted by atomic mass is 10.1. The Kier molecular flexibility index (Phi) is 15.2. The van der Waals surface area contributed by atoms with E-state index in [2.05, 4.69) is 51.5 Å². The Balaban J connectivity index is 0.961. The fourth-order valence-corrected chi connectivity index (χ4v) is 10.5. The SMILES string of the molecule is Cc1ccccc1Nc1cc(O)ccc1N=Nc1ccc2cc(S(=O)(=O)O)c(N=Nc3ccc(Nc4ccc(N=Nc5c(S(=O)(=O)O)cc6ccc(N=Nc7cc(S(=O)(=O)O)c(N)cc7N)cc6c5O)cc4S(=O)(=O)O)cc3)c(O)c2c1. The van der Waals surface area contributed by atoms with Crippen molar-refractivity contribution >= 4 is 142 Å². The minimum atomic E-state index is -5.13. The van der Waals surface area contributed by atoms with E-state index in [0.29, 0.717) is 11.4 Å². The highest BCUT2D eigenvalue weighted by Crippen LogP contribution is 2.45. The van der Waals surface area contributed by atoms with Gasteiger partial charge in [-0.3, -0.25) is 18.2 Å². The monoisotopic (exact) mass is 1190 g/mol. The number of azo groups is 4. The van der Waals surface area contributed by atoms with Gasteiger partial charge in [0.25, 0.3) is 40.5 Å². The summed E-state index contributed by atoms with van der Waals surface area (Å²) < 4.78 is 139. The molecular weight excluding hydrogens is 1150 g/mol. The molecule has 9 aromatic rings. The molecule has 0 spiro atoms. The number of nitrogens with one attached hydrogen (secondary N) is 2. The van der Waals surface area contributed by atoms with E-state index in [-0.39, 0.29) is 78.5 Å². The van der Waals surface area contributed by atoms with Crippen molar-refractivity contribution < 1.29 is 67.2 Å². The van der Waals surface area contributed by atoms with Gasteiger partial charge in [0, 0.05) is 28.2 Å². The fourth-order valence-electron chi connectivity index (χ4n) is 7.95. The van der Waals surface area contributed by atoms with E-state index in [0.717, 1.165) is 47.6 Å². The summed E-state index contributed by atoms with van der Waals surface area (Å²) in [6.45, 7) is 1.90. The second kappa shape index (κ2) is 22.0. The van der Waals surface area contributed by atoms with Gasteiger partial charge in [-0.25, -0.2) is 0 Å². The summed E-state index contributed by atoms with van der Waals surface area (Å²) in [5.74, 6) is -1.58. The molecule has 418 valence electrons. The highest BCUT2D eigenvalue weighted by atomic mass is 32.2. The molecule has 13 N–H and O–H groups in total. The molecule has 31 heteroatoms. The van der Waals surface area contributed by atoms with E-state index in [1.807, 2.05) is 31.2 Å². The zero-order valence-electron chi connectivity index (χ0n) is 41.6. The van der Waals surface area contributed by atoms with Crippen LogP contribution in [-0.2, 0) is 40.5 Å². The Labute approximate surface area is 464 Å². The van der Waals surface area contributed by atoms with Crippen molar-refractivity contribution in [3.05, 3.63) is 151 Å². The lowest BCUT2D eigenvalue weighted by Gasteiger charge is -2.12. The van der Waals surface area contributed by atoms with Crippen LogP contribution >= 0.6 is 0 Å². The van der Waals surface area contributed by atoms with Crippen LogP contribution in [0.2, 0.25) is 0 Å². The summed E-state index contributed by atoms with van der Waals surface area (Å²) in [6.07, 6.45) is 0. The minimum absolute atomic E-state index is 0.0170. The number of para-hydroxylation sites is 1. The quantitative estimate of drug-likeness (QED) is 0.0243. The van der Waals surface area contributed by atoms with Crippen LogP contribution in [-0.4, -0.2) is 67.2 Å². The number of aromatic hydroxyl groups is 3. The molecule has 0 saturated carbocycles. The van der Waals surface area contributed by atoms with Gasteiger partial charge >= 0.3 is 0 Å². The number of hydrogen-bond acceptors (Lipinski definition) is 23. The predicted octanol–water partition coefficient (Wildman–Crippen LogP) is 12.7. The third kappa shape index (κ3) is 12.6. The highest BCUT2D eigenvalue weighted by molar-refractivity contribution is 7.86. The molecule has 0 fully saturated rings. The van der Waals surface area contributed by atoms with Crippen LogP contribution in [0, 0.1) is 6.92 Å². The maximum atomic E-state index is 12.7. The van der Waals surface area contributed by atoms with Gasteiger partial charge in [-0.15, -0.1) is 20.5 Å². The summed E-state index contributed by atoms with van der Waals surface area (Å²) in [5.41, 5.74) is 11.8. The Morgan fingerprint density at radius 2 is 0.878 bits per heavy atom. The number of anilines is 6. The van der Waals surface area contributed by atoms with Crippen molar-refractivity contribution in [2.75, 3.05) is 22.1 Å². The smallest absolute Gasteiger partial charge is 0.296 e. The minimum Gasteiger partial charge on any atom is -0.508 e. The van der Waals surface area contributed by atoms with Crippen molar-refractivity contribution in [3.63, 3.8) is 0 Å². The van der Waals surface area contributed by atoms with Crippen LogP contribution < -0.4 is 22.1 Å². The third-order valence-electron chi connectivity index (χ3n) is 11.9. The number of hydrogen-bond donors (Lipinski definition) is 11. The van der Waals surface area contributed by atoms with Crippen molar-refractivity contribution in [3.8, 4) is 17.2 Å². The average Bonchev–Trinajstić information content (AvgIpc) is 3.49. The first kappa shape index (κ1) is 56.8. The fraction of sp³-hybridized carbons (Fsp3) is 0.0196. The van der Waals surface area contributed by atoms with E-state index in [1.54, 1.807) is 0 Å². The number of aryl methyl sites for hydroxylation is 1. The molecule has 0 aromatic heterocycles. The summed E-state index contributed by atoms with van der Waals surface area (Å²) in [6, 6.07) is 32.6. The molecule has 0 unspecified atom stereocenters. The van der Waals surface area contributed by atoms with Crippen LogP contribution in [0.25, 0.3) is 21.5 Å². The van der Waals surface area contributed by atoms with E-state index < -0.39 is 82.9 Å². The number of rotatable bonds is 16. The van der Waals surface area contributed by atoms with E-state index in [9.17, 15) is 67.2 Å². The predicted molar refractivity (Wildman–Crippen MR) is 301 cm³/mol. The highest BCUT2D eigenvalue weighted by Gasteiger charge is 2.25. The van der Waals surface area contributed by atoms with E-state index >= 15 is 0 Å². The number of nitrogens with zero attached hydrogens (tertiary/aromatic N) is 8. The number of phenolic OH excluding ortho intramolecular Hbond substituents is 3. The van der Waals surface area contributed by atoms with Crippen molar-refractivity contribution in [1.82, 2.24) is 0 Å². The summed E-state index contributed by atoms with van der Waals surface area (Å²) in [7, 11) is -20.0. The first-order chi connectivity index (χ1) is 38.6. The van der Waals surface area contributed by atoms with Crippen LogP contribution in [0.1, 0.15) is 5.56 Å². The molecule has 0 aliphatic heterocycles. The molecule has 0 radical (unpaired) electrons. The summed E-state index contributed by atoms with van der Waals surface area (Å²) in [4.78, 5) is -3.16. The van der Waals surface area contributed by atoms with Crippen molar-refractivity contribution in [2.45, 2.75) is 26.5 Å². The van der Waals surface area contributed by atoms with Crippen LogP contribution in [0.15, 0.2) is 206 Å². The van der Waals surface area contributed by atoms with Crippen molar-refractivity contribution in [2.24, 2.45) is 40.9 Å². The Morgan fingerprint density at radius 1 is 0.390 bits per heavy atom. The van der Waals surface area contributed by atoms with Gasteiger partial charge in [-0.2, -0.15) is 54.1 Å². The van der Waals surface area contributed by atoms with Crippen LogP contribution in [0.5, 0.6) is 17.2 Å². The maximum absolute atomic E-state index is 12.7. The van der Waals surface area contributed by atoms with Gasteiger partial charge in [0.15, 0.2) is 11.5 Å². The number of nitrogens with two attached hydrogens (primary N) is 2. The molecular formula is C51H40N12O15S4. The van der Waals surface area contributed by atoms with Gasteiger partial charge in [-0.1, -0.05) is 30.3 Å². The molecule has 0 heterocycles. The average molecular weight is 1190 g/mol. The molecule has 82 heavy (non-hydrogen) atoms. The lowest BCUT2D eigenvalue weighted by molar-refractivity contribution is 0.471. The number of phenols is 3. The number of benzene rings is 9. The normalized spacial score (nSPS) is 12.6. The topological polar surface area (TPSA) is 453 Å². The Hall–Kier alpha value is -9.86. The lowest BCUT2D eigenvalue weighted by Crippen LogP contribution is -2.04. The van der Waals surface area contributed by atoms with Gasteiger partial charge in [0.2, 0.25) is 0 Å². The molecule has 9 rings (SSSR count). The molecule has 27 nitrogen and oxygen atoms in total. The van der Waals surface area contributed by atoms with Gasteiger partial charge < -0.3 is 37.4 Å². The maximum Gasteiger partial charge on any atom is 0.296 e.